The number of nitrogens with two attached hydrogens (primary N) is 1. The lowest BCUT2D eigenvalue weighted by atomic mass is 9.82. The minimum absolute atomic E-state index is 0.0310. The van der Waals surface area contributed by atoms with E-state index in [1.165, 1.54) is 0 Å². The third kappa shape index (κ3) is 2.91. The number of hydrogen-bond donors (Lipinski definition) is 4. The Hall–Kier alpha value is -1.10. The Morgan fingerprint density at radius 2 is 2.05 bits per heavy atom. The smallest absolute Gasteiger partial charge is 0.120 e. The monoisotopic (exact) mass is 264 g/mol. The van der Waals surface area contributed by atoms with Gasteiger partial charge in [-0.3, -0.25) is 0 Å². The molecule has 1 aliphatic carbocycles. The SMILES string of the molecule is CC(C)(C)NC1CCc2c(ccc(O)c2CN)C1O. The fourth-order valence-electron chi connectivity index (χ4n) is 2.88. The third-order valence-electron chi connectivity index (χ3n) is 3.67. The highest BCUT2D eigenvalue weighted by Crippen LogP contribution is 2.36. The number of phenolic OH excluding ortho intramolecular Hbond substituents is 1. The van der Waals surface area contributed by atoms with Gasteiger partial charge in [-0.2, -0.15) is 0 Å². The van der Waals surface area contributed by atoms with Crippen LogP contribution in [0.15, 0.2) is 12.1 Å². The molecule has 0 saturated carbocycles. The second kappa shape index (κ2) is 5.12. The second-order valence-corrected chi connectivity index (χ2v) is 6.32. The van der Waals surface area contributed by atoms with Crippen molar-refractivity contribution < 1.29 is 10.2 Å². The zero-order valence-corrected chi connectivity index (χ0v) is 11.9. The molecule has 4 nitrogen and oxygen atoms in total. The minimum Gasteiger partial charge on any atom is -0.508 e. The van der Waals surface area contributed by atoms with E-state index < -0.39 is 6.10 Å². The Kier molecular flexibility index (Phi) is 3.85. The molecular formula is C15H24N2O2. The summed E-state index contributed by atoms with van der Waals surface area (Å²) in [4.78, 5) is 0. The van der Waals surface area contributed by atoms with Gasteiger partial charge in [0.05, 0.1) is 6.10 Å². The average Bonchev–Trinajstić information content (AvgIpc) is 2.31. The zero-order chi connectivity index (χ0) is 14.2. The number of nitrogens with one attached hydrogen (secondary N) is 1. The molecule has 0 aliphatic heterocycles. The number of phenols is 1. The Bertz CT molecular complexity index is 466. The molecule has 2 rings (SSSR count). The molecule has 0 fully saturated rings. The maximum Gasteiger partial charge on any atom is 0.120 e. The molecule has 0 aromatic heterocycles. The van der Waals surface area contributed by atoms with Crippen LogP contribution < -0.4 is 11.1 Å². The molecule has 0 saturated heterocycles. The first-order valence-corrected chi connectivity index (χ1v) is 6.83. The van der Waals surface area contributed by atoms with Crippen LogP contribution in [0.1, 0.15) is 50.0 Å². The van der Waals surface area contributed by atoms with Gasteiger partial charge in [0.15, 0.2) is 0 Å². The maximum atomic E-state index is 10.5. The summed E-state index contributed by atoms with van der Waals surface area (Å²) in [6, 6.07) is 3.48. The molecular weight excluding hydrogens is 240 g/mol. The lowest BCUT2D eigenvalue weighted by Gasteiger charge is -2.36. The number of aromatic hydroxyl groups is 1. The molecule has 4 heteroatoms. The van der Waals surface area contributed by atoms with Gasteiger partial charge in [0, 0.05) is 23.7 Å². The summed E-state index contributed by atoms with van der Waals surface area (Å²) in [5.74, 6) is 0.232. The van der Waals surface area contributed by atoms with Crippen LogP contribution in [0, 0.1) is 0 Å². The van der Waals surface area contributed by atoms with Crippen LogP contribution in [0.2, 0.25) is 0 Å². The third-order valence-corrected chi connectivity index (χ3v) is 3.67. The zero-order valence-electron chi connectivity index (χ0n) is 11.9. The van der Waals surface area contributed by atoms with E-state index in [2.05, 4.69) is 26.1 Å². The first-order chi connectivity index (χ1) is 8.83. The fraction of sp³-hybridized carbons (Fsp3) is 0.600. The summed E-state index contributed by atoms with van der Waals surface area (Å²) in [7, 11) is 0. The predicted molar refractivity (Wildman–Crippen MR) is 76.0 cm³/mol. The molecule has 1 aromatic rings. The van der Waals surface area contributed by atoms with E-state index in [4.69, 9.17) is 5.73 Å². The van der Waals surface area contributed by atoms with E-state index in [1.54, 1.807) is 6.07 Å². The molecule has 2 unspecified atom stereocenters. The summed E-state index contributed by atoms with van der Waals surface area (Å²) in [6.45, 7) is 6.59. The number of benzene rings is 1. The standard InChI is InChI=1S/C15H24N2O2/c1-15(2,3)17-12-6-4-9-10(14(12)19)5-7-13(18)11(9)8-16/h5,7,12,14,17-19H,4,6,8,16H2,1-3H3. The van der Waals surface area contributed by atoms with E-state index in [0.29, 0.717) is 6.54 Å². The largest absolute Gasteiger partial charge is 0.508 e. The molecule has 0 radical (unpaired) electrons. The molecule has 19 heavy (non-hydrogen) atoms. The van der Waals surface area contributed by atoms with E-state index in [1.807, 2.05) is 6.07 Å². The molecule has 5 N–H and O–H groups in total. The Morgan fingerprint density at radius 1 is 1.37 bits per heavy atom. The van der Waals surface area contributed by atoms with E-state index in [-0.39, 0.29) is 17.3 Å². The van der Waals surface area contributed by atoms with Crippen LogP contribution in [-0.4, -0.2) is 21.8 Å². The molecule has 0 amide bonds. The molecule has 1 aliphatic rings. The Labute approximate surface area is 114 Å². The molecule has 1 aromatic carbocycles. The number of hydrogen-bond acceptors (Lipinski definition) is 4. The first kappa shape index (κ1) is 14.3. The van der Waals surface area contributed by atoms with E-state index in [9.17, 15) is 10.2 Å². The summed E-state index contributed by atoms with van der Waals surface area (Å²) in [5, 5.41) is 23.8. The summed E-state index contributed by atoms with van der Waals surface area (Å²) < 4.78 is 0. The molecule has 0 spiro atoms. The predicted octanol–water partition coefficient (Wildman–Crippen LogP) is 1.59. The quantitative estimate of drug-likeness (QED) is 0.654. The van der Waals surface area contributed by atoms with Crippen molar-refractivity contribution in [1.29, 1.82) is 0 Å². The van der Waals surface area contributed by atoms with Crippen molar-refractivity contribution >= 4 is 0 Å². The molecule has 0 bridgehead atoms. The highest BCUT2D eigenvalue weighted by Gasteiger charge is 2.31. The number of aliphatic hydroxyl groups is 1. The van der Waals surface area contributed by atoms with E-state index in [0.717, 1.165) is 29.5 Å². The average molecular weight is 264 g/mol. The van der Waals surface area contributed by atoms with Crippen LogP contribution >= 0.6 is 0 Å². The summed E-state index contributed by atoms with van der Waals surface area (Å²) in [6.07, 6.45) is 1.14. The highest BCUT2D eigenvalue weighted by atomic mass is 16.3. The summed E-state index contributed by atoms with van der Waals surface area (Å²) in [5.41, 5.74) is 8.35. The van der Waals surface area contributed by atoms with Crippen molar-refractivity contribution in [3.05, 3.63) is 28.8 Å². The van der Waals surface area contributed by atoms with Gasteiger partial charge in [0.25, 0.3) is 0 Å². The minimum atomic E-state index is -0.547. The van der Waals surface area contributed by atoms with E-state index >= 15 is 0 Å². The summed E-state index contributed by atoms with van der Waals surface area (Å²) >= 11 is 0. The van der Waals surface area contributed by atoms with Gasteiger partial charge in [-0.15, -0.1) is 0 Å². The maximum absolute atomic E-state index is 10.5. The van der Waals surface area contributed by atoms with Gasteiger partial charge >= 0.3 is 0 Å². The van der Waals surface area contributed by atoms with Crippen LogP contribution in [0.3, 0.4) is 0 Å². The van der Waals surface area contributed by atoms with Crippen molar-refractivity contribution in [3.8, 4) is 5.75 Å². The van der Waals surface area contributed by atoms with Gasteiger partial charge < -0.3 is 21.3 Å². The van der Waals surface area contributed by atoms with Crippen molar-refractivity contribution in [1.82, 2.24) is 5.32 Å². The first-order valence-electron chi connectivity index (χ1n) is 6.83. The molecule has 0 heterocycles. The highest BCUT2D eigenvalue weighted by molar-refractivity contribution is 5.47. The topological polar surface area (TPSA) is 78.5 Å². The lowest BCUT2D eigenvalue weighted by Crippen LogP contribution is -2.48. The van der Waals surface area contributed by atoms with Crippen molar-refractivity contribution in [2.45, 2.75) is 57.8 Å². The number of aliphatic hydroxyl groups excluding tert-OH is 1. The normalized spacial score (nSPS) is 23.2. The molecule has 106 valence electrons. The Morgan fingerprint density at radius 3 is 2.63 bits per heavy atom. The van der Waals surface area contributed by atoms with Crippen molar-refractivity contribution in [2.24, 2.45) is 5.73 Å². The van der Waals surface area contributed by atoms with Crippen LogP contribution in [0.5, 0.6) is 5.75 Å². The number of rotatable bonds is 2. The van der Waals surface area contributed by atoms with Gasteiger partial charge in [-0.25, -0.2) is 0 Å². The second-order valence-electron chi connectivity index (χ2n) is 6.32. The van der Waals surface area contributed by atoms with Gasteiger partial charge in [-0.05, 0) is 50.8 Å². The van der Waals surface area contributed by atoms with Crippen LogP contribution in [0.4, 0.5) is 0 Å². The number of fused-ring (bicyclic) bond motifs is 1. The Balaban J connectivity index is 2.32. The van der Waals surface area contributed by atoms with Gasteiger partial charge in [0.1, 0.15) is 5.75 Å². The van der Waals surface area contributed by atoms with Gasteiger partial charge in [-0.1, -0.05) is 6.07 Å². The lowest BCUT2D eigenvalue weighted by molar-refractivity contribution is 0.0997. The van der Waals surface area contributed by atoms with Gasteiger partial charge in [0.2, 0.25) is 0 Å². The molecule has 2 atom stereocenters. The van der Waals surface area contributed by atoms with Crippen molar-refractivity contribution in [2.75, 3.05) is 0 Å². The van der Waals surface area contributed by atoms with Crippen LogP contribution in [-0.2, 0) is 13.0 Å². The fourth-order valence-corrected chi connectivity index (χ4v) is 2.88. The van der Waals surface area contributed by atoms with Crippen molar-refractivity contribution in [3.63, 3.8) is 0 Å². The van der Waals surface area contributed by atoms with Crippen LogP contribution in [0.25, 0.3) is 0 Å².